The van der Waals surface area contributed by atoms with E-state index in [1.165, 1.54) is 0 Å². The van der Waals surface area contributed by atoms with Gasteiger partial charge in [-0.1, -0.05) is 18.2 Å². The number of aromatic nitrogens is 1. The highest BCUT2D eigenvalue weighted by Crippen LogP contribution is 2.19. The number of aryl methyl sites for hydroxylation is 1. The van der Waals surface area contributed by atoms with Crippen molar-refractivity contribution < 1.29 is 4.79 Å². The van der Waals surface area contributed by atoms with Crippen LogP contribution in [0.25, 0.3) is 0 Å². The van der Waals surface area contributed by atoms with E-state index < -0.39 is 0 Å². The summed E-state index contributed by atoms with van der Waals surface area (Å²) >= 11 is 0. The second-order valence-electron chi connectivity index (χ2n) is 4.59. The number of hydrogen-bond acceptors (Lipinski definition) is 3. The third-order valence-corrected chi connectivity index (χ3v) is 2.78. The molecule has 4 nitrogen and oxygen atoms in total. The van der Waals surface area contributed by atoms with Crippen molar-refractivity contribution in [3.05, 3.63) is 53.7 Å². The molecule has 1 aromatic heterocycles. The Morgan fingerprint density at radius 2 is 1.89 bits per heavy atom. The van der Waals surface area contributed by atoms with Crippen LogP contribution in [0.4, 0.5) is 11.5 Å². The largest absolute Gasteiger partial charge is 0.377 e. The number of pyridine rings is 1. The number of carbonyl (C=O) groups is 1. The van der Waals surface area contributed by atoms with Gasteiger partial charge in [0.05, 0.1) is 5.56 Å². The van der Waals surface area contributed by atoms with E-state index in [4.69, 9.17) is 0 Å². The molecule has 19 heavy (non-hydrogen) atoms. The van der Waals surface area contributed by atoms with E-state index in [0.29, 0.717) is 11.4 Å². The molecule has 0 unspecified atom stereocenters. The SMILES string of the molecule is Cc1ccc(NC(=O)c2ccccc2N(C)C)nc1. The predicted octanol–water partition coefficient (Wildman–Crippen LogP) is 2.71. The van der Waals surface area contributed by atoms with Gasteiger partial charge in [0.15, 0.2) is 0 Å². The summed E-state index contributed by atoms with van der Waals surface area (Å²) in [5, 5.41) is 2.80. The molecule has 2 rings (SSSR count). The molecule has 0 aliphatic heterocycles. The van der Waals surface area contributed by atoms with Gasteiger partial charge in [-0.25, -0.2) is 4.98 Å². The Bertz CT molecular complexity index is 576. The Morgan fingerprint density at radius 3 is 2.53 bits per heavy atom. The van der Waals surface area contributed by atoms with Crippen molar-refractivity contribution in [2.24, 2.45) is 0 Å². The quantitative estimate of drug-likeness (QED) is 0.917. The zero-order chi connectivity index (χ0) is 13.8. The lowest BCUT2D eigenvalue weighted by atomic mass is 10.1. The maximum absolute atomic E-state index is 12.2. The zero-order valence-electron chi connectivity index (χ0n) is 11.3. The molecular formula is C15H17N3O. The number of nitrogens with one attached hydrogen (secondary N) is 1. The van der Waals surface area contributed by atoms with Crippen molar-refractivity contribution in [1.29, 1.82) is 0 Å². The number of rotatable bonds is 3. The number of benzene rings is 1. The topological polar surface area (TPSA) is 45.2 Å². The third-order valence-electron chi connectivity index (χ3n) is 2.78. The molecule has 0 radical (unpaired) electrons. The molecule has 0 fully saturated rings. The maximum Gasteiger partial charge on any atom is 0.258 e. The maximum atomic E-state index is 12.2. The van der Waals surface area contributed by atoms with Crippen LogP contribution < -0.4 is 10.2 Å². The van der Waals surface area contributed by atoms with Gasteiger partial charge in [0, 0.05) is 26.0 Å². The highest BCUT2D eigenvalue weighted by Gasteiger charge is 2.12. The highest BCUT2D eigenvalue weighted by molar-refractivity contribution is 6.07. The highest BCUT2D eigenvalue weighted by atomic mass is 16.1. The minimum absolute atomic E-state index is 0.152. The number of anilines is 2. The Balaban J connectivity index is 2.23. The Morgan fingerprint density at radius 1 is 1.16 bits per heavy atom. The summed E-state index contributed by atoms with van der Waals surface area (Å²) in [6, 6.07) is 11.2. The van der Waals surface area contributed by atoms with Gasteiger partial charge in [0.2, 0.25) is 0 Å². The monoisotopic (exact) mass is 255 g/mol. The molecule has 1 heterocycles. The van der Waals surface area contributed by atoms with E-state index in [1.807, 2.05) is 50.2 Å². The number of nitrogens with zero attached hydrogens (tertiary/aromatic N) is 2. The number of carbonyl (C=O) groups excluding carboxylic acids is 1. The molecule has 0 aliphatic rings. The van der Waals surface area contributed by atoms with Crippen LogP contribution in [0, 0.1) is 6.92 Å². The van der Waals surface area contributed by atoms with E-state index in [-0.39, 0.29) is 5.91 Å². The minimum atomic E-state index is -0.152. The van der Waals surface area contributed by atoms with Crippen LogP contribution in [0.1, 0.15) is 15.9 Å². The average molecular weight is 255 g/mol. The van der Waals surface area contributed by atoms with Gasteiger partial charge in [0.1, 0.15) is 5.82 Å². The summed E-state index contributed by atoms with van der Waals surface area (Å²) in [5.74, 6) is 0.407. The van der Waals surface area contributed by atoms with E-state index in [0.717, 1.165) is 11.3 Å². The molecule has 0 bridgehead atoms. The van der Waals surface area contributed by atoms with Crippen molar-refractivity contribution >= 4 is 17.4 Å². The summed E-state index contributed by atoms with van der Waals surface area (Å²) in [4.78, 5) is 18.3. The smallest absolute Gasteiger partial charge is 0.258 e. The van der Waals surface area contributed by atoms with Crippen molar-refractivity contribution in [3.63, 3.8) is 0 Å². The lowest BCUT2D eigenvalue weighted by Crippen LogP contribution is -2.18. The van der Waals surface area contributed by atoms with Gasteiger partial charge in [-0.15, -0.1) is 0 Å². The molecule has 1 aromatic carbocycles. The molecule has 2 aromatic rings. The molecule has 0 aliphatic carbocycles. The van der Waals surface area contributed by atoms with Gasteiger partial charge in [-0.2, -0.15) is 0 Å². The summed E-state index contributed by atoms with van der Waals surface area (Å²) in [5.41, 5.74) is 2.58. The summed E-state index contributed by atoms with van der Waals surface area (Å²) in [6.07, 6.45) is 1.73. The van der Waals surface area contributed by atoms with Gasteiger partial charge in [-0.05, 0) is 30.7 Å². The standard InChI is InChI=1S/C15H17N3O/c1-11-8-9-14(16-10-11)17-15(19)12-6-4-5-7-13(12)18(2)3/h4-10H,1-3H3,(H,16,17,19). The Hall–Kier alpha value is -2.36. The first kappa shape index (κ1) is 13.1. The normalized spacial score (nSPS) is 10.1. The number of hydrogen-bond donors (Lipinski definition) is 1. The minimum Gasteiger partial charge on any atom is -0.377 e. The van der Waals surface area contributed by atoms with Gasteiger partial charge >= 0.3 is 0 Å². The first-order chi connectivity index (χ1) is 9.08. The van der Waals surface area contributed by atoms with E-state index in [2.05, 4.69) is 10.3 Å². The first-order valence-corrected chi connectivity index (χ1v) is 6.08. The zero-order valence-corrected chi connectivity index (χ0v) is 11.3. The Labute approximate surface area is 113 Å². The third kappa shape index (κ3) is 3.10. The van der Waals surface area contributed by atoms with Gasteiger partial charge < -0.3 is 10.2 Å². The van der Waals surface area contributed by atoms with Crippen molar-refractivity contribution in [2.45, 2.75) is 6.92 Å². The molecule has 0 saturated heterocycles. The lowest BCUT2D eigenvalue weighted by Gasteiger charge is -2.16. The van der Waals surface area contributed by atoms with Gasteiger partial charge in [-0.3, -0.25) is 4.79 Å². The average Bonchev–Trinajstić information content (AvgIpc) is 2.41. The number of para-hydroxylation sites is 1. The fourth-order valence-electron chi connectivity index (χ4n) is 1.78. The molecule has 1 N–H and O–H groups in total. The van der Waals surface area contributed by atoms with Crippen LogP contribution in [0.2, 0.25) is 0 Å². The van der Waals surface area contributed by atoms with Crippen LogP contribution in [-0.2, 0) is 0 Å². The van der Waals surface area contributed by atoms with Crippen LogP contribution >= 0.6 is 0 Å². The van der Waals surface area contributed by atoms with Gasteiger partial charge in [0.25, 0.3) is 5.91 Å². The molecule has 1 amide bonds. The Kier molecular flexibility index (Phi) is 3.80. The summed E-state index contributed by atoms with van der Waals surface area (Å²) in [7, 11) is 3.83. The van der Waals surface area contributed by atoms with Crippen LogP contribution in [0.3, 0.4) is 0 Å². The van der Waals surface area contributed by atoms with E-state index >= 15 is 0 Å². The van der Waals surface area contributed by atoms with Crippen LogP contribution in [0.15, 0.2) is 42.6 Å². The molecule has 0 atom stereocenters. The molecule has 98 valence electrons. The van der Waals surface area contributed by atoms with E-state index in [9.17, 15) is 4.79 Å². The molecule has 4 heteroatoms. The summed E-state index contributed by atoms with van der Waals surface area (Å²) < 4.78 is 0. The second kappa shape index (κ2) is 5.52. The first-order valence-electron chi connectivity index (χ1n) is 6.08. The predicted molar refractivity (Wildman–Crippen MR) is 77.7 cm³/mol. The summed E-state index contributed by atoms with van der Waals surface area (Å²) in [6.45, 7) is 1.96. The number of amides is 1. The van der Waals surface area contributed by atoms with Crippen LogP contribution in [0.5, 0.6) is 0 Å². The second-order valence-corrected chi connectivity index (χ2v) is 4.59. The van der Waals surface area contributed by atoms with Crippen molar-refractivity contribution in [2.75, 3.05) is 24.3 Å². The molecular weight excluding hydrogens is 238 g/mol. The fourth-order valence-corrected chi connectivity index (χ4v) is 1.78. The van der Waals surface area contributed by atoms with Crippen molar-refractivity contribution in [1.82, 2.24) is 4.98 Å². The molecule has 0 saturated carbocycles. The molecule has 0 spiro atoms. The van der Waals surface area contributed by atoms with E-state index in [1.54, 1.807) is 18.3 Å². The van der Waals surface area contributed by atoms with Crippen LogP contribution in [-0.4, -0.2) is 25.0 Å². The lowest BCUT2D eigenvalue weighted by molar-refractivity contribution is 0.102. The fraction of sp³-hybridized carbons (Fsp3) is 0.200. The van der Waals surface area contributed by atoms with Crippen molar-refractivity contribution in [3.8, 4) is 0 Å².